The molecule has 0 unspecified atom stereocenters. The van der Waals surface area contributed by atoms with E-state index in [2.05, 4.69) is 0 Å². The first-order valence-electron chi connectivity index (χ1n) is 7.22. The number of benzene rings is 1. The van der Waals surface area contributed by atoms with E-state index in [1.54, 1.807) is 18.1 Å². The van der Waals surface area contributed by atoms with Gasteiger partial charge in [0, 0.05) is 17.3 Å². The highest BCUT2D eigenvalue weighted by atomic mass is 16.6. The summed E-state index contributed by atoms with van der Waals surface area (Å²) in [7, 11) is 1.62. The van der Waals surface area contributed by atoms with Gasteiger partial charge in [0.05, 0.1) is 13.7 Å². The van der Waals surface area contributed by atoms with E-state index in [1.165, 1.54) is 0 Å². The number of rotatable bonds is 4. The van der Waals surface area contributed by atoms with Gasteiger partial charge in [-0.05, 0) is 51.8 Å². The van der Waals surface area contributed by atoms with E-state index >= 15 is 0 Å². The molecule has 1 aliphatic carbocycles. The van der Waals surface area contributed by atoms with Crippen LogP contribution in [0.5, 0.6) is 5.75 Å². The highest BCUT2D eigenvalue weighted by Gasteiger charge is 2.35. The Bertz CT molecular complexity index is 519. The molecule has 0 saturated heterocycles. The maximum atomic E-state index is 12.4. The average molecular weight is 292 g/mol. The second-order valence-corrected chi connectivity index (χ2v) is 6.41. The van der Waals surface area contributed by atoms with Gasteiger partial charge in [0.25, 0.3) is 0 Å². The van der Waals surface area contributed by atoms with Gasteiger partial charge >= 0.3 is 6.09 Å². The molecule has 116 valence electrons. The number of anilines is 1. The van der Waals surface area contributed by atoms with Gasteiger partial charge in [-0.25, -0.2) is 4.79 Å². The van der Waals surface area contributed by atoms with Crippen LogP contribution in [-0.4, -0.2) is 29.7 Å². The van der Waals surface area contributed by atoms with E-state index in [4.69, 9.17) is 15.2 Å². The third-order valence-corrected chi connectivity index (χ3v) is 3.26. The lowest BCUT2D eigenvalue weighted by Crippen LogP contribution is -2.37. The number of methoxy groups -OCH3 is 1. The zero-order valence-corrected chi connectivity index (χ0v) is 13.2. The minimum atomic E-state index is -0.496. The number of ether oxygens (including phenoxy) is 2. The molecule has 5 nitrogen and oxygen atoms in total. The molecule has 1 fully saturated rings. The van der Waals surface area contributed by atoms with Crippen LogP contribution in [0.15, 0.2) is 18.2 Å². The topological polar surface area (TPSA) is 64.8 Å². The molecule has 0 aromatic heterocycles. The van der Waals surface area contributed by atoms with Crippen molar-refractivity contribution < 1.29 is 14.3 Å². The zero-order chi connectivity index (χ0) is 15.6. The summed E-state index contributed by atoms with van der Waals surface area (Å²) in [6, 6.07) is 5.71. The number of hydrogen-bond donors (Lipinski definition) is 1. The number of carbonyl (C=O) groups is 1. The van der Waals surface area contributed by atoms with Crippen LogP contribution in [0.3, 0.4) is 0 Å². The molecule has 0 bridgehead atoms. The summed E-state index contributed by atoms with van der Waals surface area (Å²) in [6.45, 7) is 6.07. The molecule has 0 radical (unpaired) electrons. The van der Waals surface area contributed by atoms with Gasteiger partial charge in [0.15, 0.2) is 0 Å². The van der Waals surface area contributed by atoms with Gasteiger partial charge in [-0.1, -0.05) is 0 Å². The van der Waals surface area contributed by atoms with Gasteiger partial charge in [0.1, 0.15) is 11.4 Å². The van der Waals surface area contributed by atoms with Gasteiger partial charge < -0.3 is 20.1 Å². The molecule has 1 aromatic carbocycles. The standard InChI is InChI=1S/C16H24N2O3/c1-16(2,3)21-15(19)18(13-6-7-13)10-11-9-12(17)5-8-14(11)20-4/h5,8-9,13H,6-7,10,17H2,1-4H3. The van der Waals surface area contributed by atoms with Crippen LogP contribution >= 0.6 is 0 Å². The van der Waals surface area contributed by atoms with Crippen molar-refractivity contribution in [1.82, 2.24) is 4.90 Å². The van der Waals surface area contributed by atoms with Gasteiger partial charge in [0.2, 0.25) is 0 Å². The lowest BCUT2D eigenvalue weighted by atomic mass is 10.1. The molecule has 2 N–H and O–H groups in total. The molecule has 0 atom stereocenters. The Morgan fingerprint density at radius 1 is 1.38 bits per heavy atom. The van der Waals surface area contributed by atoms with Crippen LogP contribution < -0.4 is 10.5 Å². The molecular weight excluding hydrogens is 268 g/mol. The summed E-state index contributed by atoms with van der Waals surface area (Å²) < 4.78 is 10.8. The predicted octanol–water partition coefficient (Wildman–Crippen LogP) is 3.18. The molecule has 1 amide bonds. The summed E-state index contributed by atoms with van der Waals surface area (Å²) in [5, 5.41) is 0. The summed E-state index contributed by atoms with van der Waals surface area (Å²) in [5.41, 5.74) is 6.90. The predicted molar refractivity (Wildman–Crippen MR) is 82.2 cm³/mol. The molecule has 5 heteroatoms. The fourth-order valence-corrected chi connectivity index (χ4v) is 2.16. The Labute approximate surface area is 126 Å². The normalized spacial score (nSPS) is 14.7. The molecule has 1 aliphatic rings. The van der Waals surface area contributed by atoms with Crippen molar-refractivity contribution in [3.63, 3.8) is 0 Å². The van der Waals surface area contributed by atoms with Gasteiger partial charge in [-0.15, -0.1) is 0 Å². The second kappa shape index (κ2) is 5.84. The smallest absolute Gasteiger partial charge is 0.410 e. The highest BCUT2D eigenvalue weighted by molar-refractivity contribution is 5.69. The Morgan fingerprint density at radius 2 is 2.05 bits per heavy atom. The molecule has 21 heavy (non-hydrogen) atoms. The molecule has 0 spiro atoms. The monoisotopic (exact) mass is 292 g/mol. The molecule has 0 aliphatic heterocycles. The molecular formula is C16H24N2O3. The van der Waals surface area contributed by atoms with Crippen LogP contribution in [0.1, 0.15) is 39.2 Å². The molecule has 2 rings (SSSR count). The van der Waals surface area contributed by atoms with Crippen molar-refractivity contribution in [3.05, 3.63) is 23.8 Å². The second-order valence-electron chi connectivity index (χ2n) is 6.41. The van der Waals surface area contributed by atoms with Gasteiger partial charge in [-0.2, -0.15) is 0 Å². The van der Waals surface area contributed by atoms with Crippen molar-refractivity contribution in [3.8, 4) is 5.75 Å². The van der Waals surface area contributed by atoms with Crippen LogP contribution in [0.4, 0.5) is 10.5 Å². The van der Waals surface area contributed by atoms with Crippen LogP contribution in [0.25, 0.3) is 0 Å². The Morgan fingerprint density at radius 3 is 2.57 bits per heavy atom. The number of carbonyl (C=O) groups excluding carboxylic acids is 1. The van der Waals surface area contributed by atoms with E-state index in [9.17, 15) is 4.79 Å². The minimum Gasteiger partial charge on any atom is -0.496 e. The maximum Gasteiger partial charge on any atom is 0.410 e. The third-order valence-electron chi connectivity index (χ3n) is 3.26. The number of amides is 1. The Kier molecular flexibility index (Phi) is 4.30. The lowest BCUT2D eigenvalue weighted by Gasteiger charge is -2.28. The number of nitrogen functional groups attached to an aromatic ring is 1. The third kappa shape index (κ3) is 4.28. The first-order valence-corrected chi connectivity index (χ1v) is 7.22. The van der Waals surface area contributed by atoms with E-state index in [0.717, 1.165) is 24.2 Å². The number of nitrogens with two attached hydrogens (primary N) is 1. The fraction of sp³-hybridized carbons (Fsp3) is 0.562. The quantitative estimate of drug-likeness (QED) is 0.866. The SMILES string of the molecule is COc1ccc(N)cc1CN(C(=O)OC(C)(C)C)C1CC1. The number of nitrogens with zero attached hydrogens (tertiary/aromatic N) is 1. The number of hydrogen-bond acceptors (Lipinski definition) is 4. The van der Waals surface area contributed by atoms with Crippen molar-refractivity contribution in [2.75, 3.05) is 12.8 Å². The molecule has 1 saturated carbocycles. The van der Waals surface area contributed by atoms with E-state index in [1.807, 2.05) is 32.9 Å². The molecule has 1 aromatic rings. The minimum absolute atomic E-state index is 0.256. The summed E-state index contributed by atoms with van der Waals surface area (Å²) >= 11 is 0. The molecule has 0 heterocycles. The van der Waals surface area contributed by atoms with Gasteiger partial charge in [-0.3, -0.25) is 0 Å². The van der Waals surface area contributed by atoms with Crippen molar-refractivity contribution in [2.45, 2.75) is 51.8 Å². The Balaban J connectivity index is 2.17. The first kappa shape index (κ1) is 15.5. The largest absolute Gasteiger partial charge is 0.496 e. The van der Waals surface area contributed by atoms with Crippen LogP contribution in [0, 0.1) is 0 Å². The fourth-order valence-electron chi connectivity index (χ4n) is 2.16. The van der Waals surface area contributed by atoms with Crippen molar-refractivity contribution in [1.29, 1.82) is 0 Å². The Hall–Kier alpha value is -1.91. The summed E-state index contributed by atoms with van der Waals surface area (Å²) in [6.07, 6.45) is 1.75. The van der Waals surface area contributed by atoms with Crippen molar-refractivity contribution >= 4 is 11.8 Å². The zero-order valence-electron chi connectivity index (χ0n) is 13.2. The average Bonchev–Trinajstić information content (AvgIpc) is 3.18. The van der Waals surface area contributed by atoms with E-state index in [-0.39, 0.29) is 12.1 Å². The maximum absolute atomic E-state index is 12.4. The summed E-state index contributed by atoms with van der Waals surface area (Å²) in [4.78, 5) is 14.1. The first-order chi connectivity index (χ1) is 9.80. The summed E-state index contributed by atoms with van der Waals surface area (Å²) in [5.74, 6) is 0.735. The van der Waals surface area contributed by atoms with E-state index in [0.29, 0.717) is 12.2 Å². The van der Waals surface area contributed by atoms with Crippen LogP contribution in [-0.2, 0) is 11.3 Å². The highest BCUT2D eigenvalue weighted by Crippen LogP contribution is 2.32. The van der Waals surface area contributed by atoms with Crippen molar-refractivity contribution in [2.24, 2.45) is 0 Å². The lowest BCUT2D eigenvalue weighted by molar-refractivity contribution is 0.0215. The van der Waals surface area contributed by atoms with Crippen LogP contribution in [0.2, 0.25) is 0 Å². The van der Waals surface area contributed by atoms with E-state index < -0.39 is 5.60 Å².